The Hall–Kier alpha value is -1.84. The highest BCUT2D eigenvalue weighted by Crippen LogP contribution is 2.18. The summed E-state index contributed by atoms with van der Waals surface area (Å²) < 4.78 is 13.3. The fraction of sp³-hybridized carbons (Fsp3) is 0.250. The van der Waals surface area contributed by atoms with Crippen LogP contribution in [0.4, 0.5) is 10.1 Å². The highest BCUT2D eigenvalue weighted by Gasteiger charge is 2.04. The van der Waals surface area contributed by atoms with Crippen LogP contribution in [-0.4, -0.2) is 9.97 Å². The zero-order valence-corrected chi connectivity index (χ0v) is 9.34. The van der Waals surface area contributed by atoms with Gasteiger partial charge < -0.3 is 10.3 Å². The maximum absolute atomic E-state index is 13.3. The van der Waals surface area contributed by atoms with Crippen LogP contribution in [-0.2, 0) is 6.54 Å². The second-order valence-electron chi connectivity index (χ2n) is 3.74. The van der Waals surface area contributed by atoms with Gasteiger partial charge in [0.05, 0.1) is 18.6 Å². The van der Waals surface area contributed by atoms with Crippen molar-refractivity contribution < 1.29 is 4.39 Å². The summed E-state index contributed by atoms with van der Waals surface area (Å²) in [5.74, 6) is -0.191. The van der Waals surface area contributed by atoms with Gasteiger partial charge in [-0.25, -0.2) is 9.37 Å². The van der Waals surface area contributed by atoms with Gasteiger partial charge in [0.25, 0.3) is 0 Å². The first-order chi connectivity index (χ1) is 7.68. The second kappa shape index (κ2) is 4.35. The maximum Gasteiger partial charge on any atom is 0.128 e. The highest BCUT2D eigenvalue weighted by molar-refractivity contribution is 5.51. The average Bonchev–Trinajstić information content (AvgIpc) is 2.67. The zero-order chi connectivity index (χ0) is 11.5. The maximum atomic E-state index is 13.3. The molecule has 2 aromatic rings. The molecule has 0 saturated heterocycles. The normalized spacial score (nSPS) is 10.4. The minimum absolute atomic E-state index is 0.191. The third-order valence-corrected chi connectivity index (χ3v) is 2.65. The summed E-state index contributed by atoms with van der Waals surface area (Å²) in [7, 11) is 0. The Morgan fingerprint density at radius 3 is 2.88 bits per heavy atom. The van der Waals surface area contributed by atoms with E-state index in [-0.39, 0.29) is 5.82 Å². The number of hydrogen-bond donors (Lipinski definition) is 2. The quantitative estimate of drug-likeness (QED) is 0.833. The van der Waals surface area contributed by atoms with E-state index in [9.17, 15) is 4.39 Å². The van der Waals surface area contributed by atoms with Crippen LogP contribution in [0.5, 0.6) is 0 Å². The molecule has 0 amide bonds. The molecule has 2 rings (SSSR count). The van der Waals surface area contributed by atoms with Gasteiger partial charge >= 0.3 is 0 Å². The van der Waals surface area contributed by atoms with Gasteiger partial charge in [-0.2, -0.15) is 0 Å². The van der Waals surface area contributed by atoms with Crippen molar-refractivity contribution >= 4 is 5.69 Å². The lowest BCUT2D eigenvalue weighted by Gasteiger charge is -2.09. The van der Waals surface area contributed by atoms with E-state index in [0.717, 1.165) is 17.1 Å². The van der Waals surface area contributed by atoms with Crippen LogP contribution in [0, 0.1) is 19.7 Å². The summed E-state index contributed by atoms with van der Waals surface area (Å²) in [6, 6.07) is 5.02. The van der Waals surface area contributed by atoms with E-state index in [2.05, 4.69) is 15.3 Å². The number of nitrogens with one attached hydrogen (secondary N) is 2. The van der Waals surface area contributed by atoms with Gasteiger partial charge in [0.15, 0.2) is 0 Å². The molecule has 3 nitrogen and oxygen atoms in total. The van der Waals surface area contributed by atoms with Crippen molar-refractivity contribution in [1.29, 1.82) is 0 Å². The topological polar surface area (TPSA) is 40.7 Å². The van der Waals surface area contributed by atoms with Crippen molar-refractivity contribution in [3.63, 3.8) is 0 Å². The van der Waals surface area contributed by atoms with E-state index in [1.165, 1.54) is 6.07 Å². The summed E-state index contributed by atoms with van der Waals surface area (Å²) in [6.07, 6.45) is 1.66. The summed E-state index contributed by atoms with van der Waals surface area (Å²) in [5, 5.41) is 3.17. The Balaban J connectivity index is 2.11. The Morgan fingerprint density at radius 1 is 1.38 bits per heavy atom. The predicted octanol–water partition coefficient (Wildman–Crippen LogP) is 2.78. The number of H-pyrrole nitrogens is 1. The molecule has 0 aliphatic rings. The number of hydrogen-bond acceptors (Lipinski definition) is 2. The first kappa shape index (κ1) is 10.7. The van der Waals surface area contributed by atoms with E-state index in [0.29, 0.717) is 12.1 Å². The van der Waals surface area contributed by atoms with Crippen molar-refractivity contribution in [2.45, 2.75) is 20.4 Å². The molecule has 0 saturated carbocycles. The zero-order valence-electron chi connectivity index (χ0n) is 9.34. The van der Waals surface area contributed by atoms with Crippen molar-refractivity contribution in [3.8, 4) is 0 Å². The number of benzene rings is 1. The van der Waals surface area contributed by atoms with Crippen LogP contribution in [0.15, 0.2) is 24.5 Å². The molecule has 2 N–H and O–H groups in total. The van der Waals surface area contributed by atoms with Gasteiger partial charge in [-0.3, -0.25) is 0 Å². The number of aryl methyl sites for hydroxylation is 1. The van der Waals surface area contributed by atoms with E-state index in [4.69, 9.17) is 0 Å². The number of imidazole rings is 1. The van der Waals surface area contributed by atoms with Gasteiger partial charge in [-0.1, -0.05) is 6.07 Å². The Kier molecular flexibility index (Phi) is 2.90. The Labute approximate surface area is 93.7 Å². The number of nitrogens with zero attached hydrogens (tertiary/aromatic N) is 1. The molecule has 0 spiro atoms. The molecule has 0 unspecified atom stereocenters. The van der Waals surface area contributed by atoms with E-state index in [1.807, 2.05) is 13.0 Å². The Bertz CT molecular complexity index is 491. The van der Waals surface area contributed by atoms with Crippen LogP contribution in [0.2, 0.25) is 0 Å². The molecule has 1 heterocycles. The second-order valence-corrected chi connectivity index (χ2v) is 3.74. The number of aromatic amines is 1. The third-order valence-electron chi connectivity index (χ3n) is 2.65. The van der Waals surface area contributed by atoms with Crippen LogP contribution in [0.1, 0.15) is 17.0 Å². The molecule has 0 bridgehead atoms. The largest absolute Gasteiger partial charge is 0.379 e. The molecule has 1 aromatic carbocycles. The minimum Gasteiger partial charge on any atom is -0.379 e. The van der Waals surface area contributed by atoms with E-state index < -0.39 is 0 Å². The summed E-state index contributed by atoms with van der Waals surface area (Å²) >= 11 is 0. The molecular weight excluding hydrogens is 205 g/mol. The molecule has 0 fully saturated rings. The van der Waals surface area contributed by atoms with Gasteiger partial charge in [0.2, 0.25) is 0 Å². The molecule has 1 aromatic heterocycles. The molecular formula is C12H14FN3. The first-order valence-electron chi connectivity index (χ1n) is 5.16. The standard InChI is InChI=1S/C12H14FN3/c1-8-10(13)4-3-5-11(8)14-6-12-9(2)15-7-16-12/h3-5,7,14H,6H2,1-2H3,(H,15,16). The summed E-state index contributed by atoms with van der Waals surface area (Å²) in [5.41, 5.74) is 3.42. The molecule has 0 aliphatic carbocycles. The number of anilines is 1. The van der Waals surface area contributed by atoms with Crippen molar-refractivity contribution in [2.75, 3.05) is 5.32 Å². The van der Waals surface area contributed by atoms with Crippen LogP contribution in [0.3, 0.4) is 0 Å². The van der Waals surface area contributed by atoms with Gasteiger partial charge in [-0.05, 0) is 26.0 Å². The molecule has 0 atom stereocenters. The molecule has 4 heteroatoms. The van der Waals surface area contributed by atoms with Crippen molar-refractivity contribution in [3.05, 3.63) is 47.3 Å². The van der Waals surface area contributed by atoms with Crippen molar-refractivity contribution in [1.82, 2.24) is 9.97 Å². The fourth-order valence-corrected chi connectivity index (χ4v) is 1.54. The molecule has 84 valence electrons. The van der Waals surface area contributed by atoms with E-state index in [1.54, 1.807) is 19.3 Å². The lowest BCUT2D eigenvalue weighted by atomic mass is 10.2. The van der Waals surface area contributed by atoms with Crippen LogP contribution < -0.4 is 5.32 Å². The fourth-order valence-electron chi connectivity index (χ4n) is 1.54. The minimum atomic E-state index is -0.191. The highest BCUT2D eigenvalue weighted by atomic mass is 19.1. The third kappa shape index (κ3) is 2.05. The van der Waals surface area contributed by atoms with Gasteiger partial charge in [0, 0.05) is 16.9 Å². The lowest BCUT2D eigenvalue weighted by Crippen LogP contribution is -2.03. The lowest BCUT2D eigenvalue weighted by molar-refractivity contribution is 0.619. The smallest absolute Gasteiger partial charge is 0.128 e. The SMILES string of the molecule is Cc1[nH]cnc1CNc1cccc(F)c1C. The van der Waals surface area contributed by atoms with Crippen molar-refractivity contribution in [2.24, 2.45) is 0 Å². The number of halogens is 1. The van der Waals surface area contributed by atoms with Crippen LogP contribution >= 0.6 is 0 Å². The first-order valence-corrected chi connectivity index (χ1v) is 5.16. The Morgan fingerprint density at radius 2 is 2.19 bits per heavy atom. The number of rotatable bonds is 3. The summed E-state index contributed by atoms with van der Waals surface area (Å²) in [4.78, 5) is 7.18. The monoisotopic (exact) mass is 219 g/mol. The number of aromatic nitrogens is 2. The molecule has 0 radical (unpaired) electrons. The molecule has 0 aliphatic heterocycles. The van der Waals surface area contributed by atoms with Gasteiger partial charge in [0.1, 0.15) is 5.82 Å². The molecule has 16 heavy (non-hydrogen) atoms. The average molecular weight is 219 g/mol. The van der Waals surface area contributed by atoms with Crippen LogP contribution in [0.25, 0.3) is 0 Å². The van der Waals surface area contributed by atoms with Gasteiger partial charge in [-0.15, -0.1) is 0 Å². The predicted molar refractivity (Wildman–Crippen MR) is 61.8 cm³/mol. The van der Waals surface area contributed by atoms with E-state index >= 15 is 0 Å². The summed E-state index contributed by atoms with van der Waals surface area (Å²) in [6.45, 7) is 4.32.